The summed E-state index contributed by atoms with van der Waals surface area (Å²) in [6, 6.07) is 2.05. The summed E-state index contributed by atoms with van der Waals surface area (Å²) in [6.07, 6.45) is 8.84. The molecular weight excluding hydrogens is 218 g/mol. The number of nitrogens with one attached hydrogen (secondary N) is 1. The van der Waals surface area contributed by atoms with Gasteiger partial charge in [-0.05, 0) is 25.5 Å². The van der Waals surface area contributed by atoms with Crippen molar-refractivity contribution in [2.45, 2.75) is 37.4 Å². The maximum atomic E-state index is 4.25. The molecule has 0 radical (unpaired) electrons. The van der Waals surface area contributed by atoms with Gasteiger partial charge in [-0.1, -0.05) is 13.3 Å². The average molecular weight is 237 g/mol. The third-order valence-electron chi connectivity index (χ3n) is 3.38. The molecule has 0 saturated heterocycles. The zero-order chi connectivity index (χ0) is 11.4. The van der Waals surface area contributed by atoms with Crippen molar-refractivity contribution in [3.05, 3.63) is 18.1 Å². The third kappa shape index (κ3) is 2.48. The first kappa shape index (κ1) is 11.7. The highest BCUT2D eigenvalue weighted by molar-refractivity contribution is 8.00. The molecule has 3 nitrogen and oxygen atoms in total. The maximum Gasteiger partial charge on any atom is 0.129 e. The molecule has 0 bridgehead atoms. The number of nitrogens with zero attached hydrogens (tertiary/aromatic N) is 2. The van der Waals surface area contributed by atoms with E-state index in [0.29, 0.717) is 4.75 Å². The molecule has 1 fully saturated rings. The molecule has 88 valence electrons. The second kappa shape index (κ2) is 5.04. The number of aromatic nitrogens is 2. The lowest BCUT2D eigenvalue weighted by molar-refractivity contribution is 0.379. The van der Waals surface area contributed by atoms with E-state index in [4.69, 9.17) is 0 Å². The Hall–Kier alpha value is -0.770. The molecule has 0 aliphatic heterocycles. The number of hydrogen-bond acceptors (Lipinski definition) is 4. The van der Waals surface area contributed by atoms with Crippen LogP contribution in [0.1, 0.15) is 31.9 Å². The van der Waals surface area contributed by atoms with E-state index in [1.54, 1.807) is 6.33 Å². The van der Waals surface area contributed by atoms with Gasteiger partial charge >= 0.3 is 0 Å². The quantitative estimate of drug-likeness (QED) is 0.854. The number of aryl methyl sites for hydroxylation is 1. The molecule has 0 unspecified atom stereocenters. The Balaban J connectivity index is 1.93. The van der Waals surface area contributed by atoms with Crippen LogP contribution in [-0.4, -0.2) is 27.5 Å². The van der Waals surface area contributed by atoms with E-state index in [1.165, 1.54) is 19.3 Å². The molecule has 1 aromatic rings. The lowest BCUT2D eigenvalue weighted by atomic mass is 9.84. The van der Waals surface area contributed by atoms with Crippen molar-refractivity contribution in [2.75, 3.05) is 18.1 Å². The number of rotatable bonds is 5. The number of hydrogen-bond donors (Lipinski definition) is 1. The molecule has 1 N–H and O–H groups in total. The second-order valence-electron chi connectivity index (χ2n) is 4.34. The van der Waals surface area contributed by atoms with E-state index in [1.807, 2.05) is 17.8 Å². The Bertz CT molecular complexity index is 344. The van der Waals surface area contributed by atoms with Gasteiger partial charge in [0.1, 0.15) is 12.1 Å². The van der Waals surface area contributed by atoms with E-state index in [0.717, 1.165) is 24.5 Å². The normalized spacial score (nSPS) is 17.9. The second-order valence-corrected chi connectivity index (χ2v) is 5.62. The summed E-state index contributed by atoms with van der Waals surface area (Å²) in [7, 11) is 0. The minimum atomic E-state index is 0.456. The van der Waals surface area contributed by atoms with Crippen molar-refractivity contribution < 1.29 is 0 Å². The van der Waals surface area contributed by atoms with Gasteiger partial charge in [-0.25, -0.2) is 9.97 Å². The van der Waals surface area contributed by atoms with Gasteiger partial charge < -0.3 is 5.32 Å². The van der Waals surface area contributed by atoms with Gasteiger partial charge in [0, 0.05) is 23.1 Å². The topological polar surface area (TPSA) is 37.8 Å². The van der Waals surface area contributed by atoms with Crippen LogP contribution in [0, 0.1) is 0 Å². The van der Waals surface area contributed by atoms with Gasteiger partial charge in [-0.3, -0.25) is 0 Å². The molecule has 1 aromatic heterocycles. The lowest BCUT2D eigenvalue weighted by Crippen LogP contribution is -2.40. The highest BCUT2D eigenvalue weighted by atomic mass is 32.2. The Morgan fingerprint density at radius 1 is 1.44 bits per heavy atom. The van der Waals surface area contributed by atoms with Gasteiger partial charge in [0.25, 0.3) is 0 Å². The molecule has 0 spiro atoms. The summed E-state index contributed by atoms with van der Waals surface area (Å²) in [4.78, 5) is 8.45. The Morgan fingerprint density at radius 3 is 2.81 bits per heavy atom. The van der Waals surface area contributed by atoms with Crippen LogP contribution in [0.4, 0.5) is 5.82 Å². The number of anilines is 1. The minimum Gasteiger partial charge on any atom is -0.369 e. The van der Waals surface area contributed by atoms with Crippen LogP contribution < -0.4 is 5.32 Å². The monoisotopic (exact) mass is 237 g/mol. The van der Waals surface area contributed by atoms with Crippen LogP contribution in [0.15, 0.2) is 12.4 Å². The van der Waals surface area contributed by atoms with Crippen LogP contribution in [0.25, 0.3) is 0 Å². The van der Waals surface area contributed by atoms with Crippen LogP contribution >= 0.6 is 11.8 Å². The van der Waals surface area contributed by atoms with E-state index in [-0.39, 0.29) is 0 Å². The molecular formula is C12H19N3S. The molecule has 1 heterocycles. The van der Waals surface area contributed by atoms with Crippen LogP contribution in [0.3, 0.4) is 0 Å². The van der Waals surface area contributed by atoms with Crippen LogP contribution in [0.2, 0.25) is 0 Å². The Labute approximate surface area is 101 Å². The Kier molecular flexibility index (Phi) is 3.69. The predicted octanol–water partition coefficient (Wildman–Crippen LogP) is 2.74. The van der Waals surface area contributed by atoms with E-state index < -0.39 is 0 Å². The van der Waals surface area contributed by atoms with Gasteiger partial charge in [-0.2, -0.15) is 11.8 Å². The summed E-state index contributed by atoms with van der Waals surface area (Å²) in [5.74, 6) is 0.965. The molecule has 0 atom stereocenters. The molecule has 1 saturated carbocycles. The summed E-state index contributed by atoms with van der Waals surface area (Å²) in [5, 5.41) is 3.44. The largest absolute Gasteiger partial charge is 0.369 e. The number of thioether (sulfide) groups is 1. The molecule has 2 rings (SSSR count). The molecule has 0 aromatic carbocycles. The minimum absolute atomic E-state index is 0.456. The summed E-state index contributed by atoms with van der Waals surface area (Å²) < 4.78 is 0.456. The fourth-order valence-electron chi connectivity index (χ4n) is 1.96. The van der Waals surface area contributed by atoms with Crippen molar-refractivity contribution >= 4 is 17.6 Å². The highest BCUT2D eigenvalue weighted by Gasteiger charge is 2.35. The van der Waals surface area contributed by atoms with Crippen molar-refractivity contribution in [2.24, 2.45) is 0 Å². The van der Waals surface area contributed by atoms with Crippen molar-refractivity contribution in [1.29, 1.82) is 0 Å². The van der Waals surface area contributed by atoms with Gasteiger partial charge in [0.2, 0.25) is 0 Å². The van der Waals surface area contributed by atoms with E-state index in [9.17, 15) is 0 Å². The summed E-state index contributed by atoms with van der Waals surface area (Å²) >= 11 is 1.98. The molecule has 4 heteroatoms. The lowest BCUT2D eigenvalue weighted by Gasteiger charge is -2.40. The fraction of sp³-hybridized carbons (Fsp3) is 0.667. The first-order chi connectivity index (χ1) is 7.78. The van der Waals surface area contributed by atoms with Crippen molar-refractivity contribution in [1.82, 2.24) is 9.97 Å². The first-order valence-corrected chi connectivity index (χ1v) is 7.10. The predicted molar refractivity (Wildman–Crippen MR) is 70.0 cm³/mol. The zero-order valence-electron chi connectivity index (χ0n) is 9.99. The van der Waals surface area contributed by atoms with Crippen molar-refractivity contribution in [3.63, 3.8) is 0 Å². The Morgan fingerprint density at radius 2 is 2.25 bits per heavy atom. The fourth-order valence-corrected chi connectivity index (χ4v) is 2.88. The summed E-state index contributed by atoms with van der Waals surface area (Å²) in [5.41, 5.74) is 1.10. The standard InChI is InChI=1S/C12H19N3S/c1-3-10-7-11(15-9-14-10)13-8-12(16-2)5-4-6-12/h7,9H,3-6,8H2,1-2H3,(H,13,14,15). The van der Waals surface area contributed by atoms with Gasteiger partial charge in [0.05, 0.1) is 0 Å². The van der Waals surface area contributed by atoms with Gasteiger partial charge in [0.15, 0.2) is 0 Å². The summed E-state index contributed by atoms with van der Waals surface area (Å²) in [6.45, 7) is 3.13. The van der Waals surface area contributed by atoms with Gasteiger partial charge in [-0.15, -0.1) is 0 Å². The zero-order valence-corrected chi connectivity index (χ0v) is 10.8. The maximum absolute atomic E-state index is 4.25. The SMILES string of the molecule is CCc1cc(NCC2(SC)CCC2)ncn1. The smallest absolute Gasteiger partial charge is 0.129 e. The van der Waals surface area contributed by atoms with Crippen LogP contribution in [0.5, 0.6) is 0 Å². The molecule has 1 aliphatic rings. The molecule has 16 heavy (non-hydrogen) atoms. The van der Waals surface area contributed by atoms with Crippen molar-refractivity contribution in [3.8, 4) is 0 Å². The van der Waals surface area contributed by atoms with E-state index in [2.05, 4.69) is 28.5 Å². The highest BCUT2D eigenvalue weighted by Crippen LogP contribution is 2.42. The average Bonchev–Trinajstić information content (AvgIpc) is 2.29. The molecule has 1 aliphatic carbocycles. The first-order valence-electron chi connectivity index (χ1n) is 5.88. The third-order valence-corrected chi connectivity index (χ3v) is 4.79. The van der Waals surface area contributed by atoms with E-state index >= 15 is 0 Å². The molecule has 0 amide bonds. The van der Waals surface area contributed by atoms with Crippen LogP contribution in [-0.2, 0) is 6.42 Å².